The van der Waals surface area contributed by atoms with Gasteiger partial charge in [-0.15, -0.1) is 0 Å². The fraction of sp³-hybridized carbons (Fsp3) is 0.440. The lowest BCUT2D eigenvalue weighted by Gasteiger charge is -2.41. The summed E-state index contributed by atoms with van der Waals surface area (Å²) in [7, 11) is 0. The van der Waals surface area contributed by atoms with Crippen LogP contribution in [0.2, 0.25) is 0 Å². The van der Waals surface area contributed by atoms with Crippen molar-refractivity contribution in [2.24, 2.45) is 0 Å². The number of hydrogen-bond acceptors (Lipinski definition) is 4. The molecule has 1 fully saturated rings. The van der Waals surface area contributed by atoms with Crippen molar-refractivity contribution in [2.45, 2.75) is 64.0 Å². The fourth-order valence-corrected chi connectivity index (χ4v) is 4.37. The Kier molecular flexibility index (Phi) is 6.16. The van der Waals surface area contributed by atoms with Crippen molar-refractivity contribution in [3.63, 3.8) is 0 Å². The van der Waals surface area contributed by atoms with E-state index in [1.54, 1.807) is 23.1 Å². The van der Waals surface area contributed by atoms with Crippen LogP contribution in [0.3, 0.4) is 0 Å². The van der Waals surface area contributed by atoms with E-state index in [-0.39, 0.29) is 24.6 Å². The Morgan fingerprint density at radius 2 is 1.74 bits per heavy atom. The summed E-state index contributed by atoms with van der Waals surface area (Å²) in [6.45, 7) is 3.94. The molecule has 0 saturated heterocycles. The molecule has 2 aromatic rings. The van der Waals surface area contributed by atoms with Gasteiger partial charge in [-0.1, -0.05) is 44.4 Å². The molecule has 0 spiro atoms. The van der Waals surface area contributed by atoms with Gasteiger partial charge in [0.15, 0.2) is 11.5 Å². The molecule has 0 bridgehead atoms. The molecule has 2 amide bonds. The Hall–Kier alpha value is -3.02. The number of nitrogens with one attached hydrogen (secondary N) is 1. The Labute approximate surface area is 183 Å². The van der Waals surface area contributed by atoms with Gasteiger partial charge in [0.05, 0.1) is 0 Å². The van der Waals surface area contributed by atoms with E-state index in [4.69, 9.17) is 9.47 Å². The van der Waals surface area contributed by atoms with Crippen LogP contribution < -0.4 is 19.7 Å². The number of carbonyl (C=O) groups is 2. The molecule has 1 aliphatic carbocycles. The summed E-state index contributed by atoms with van der Waals surface area (Å²) in [4.78, 5) is 29.0. The first-order valence-electron chi connectivity index (χ1n) is 11.1. The number of benzene rings is 2. The summed E-state index contributed by atoms with van der Waals surface area (Å²) < 4.78 is 10.8. The molecule has 1 N–H and O–H groups in total. The molecule has 6 heteroatoms. The van der Waals surface area contributed by atoms with Crippen molar-refractivity contribution in [2.75, 3.05) is 11.7 Å². The highest BCUT2D eigenvalue weighted by molar-refractivity contribution is 6.11. The highest BCUT2D eigenvalue weighted by Gasteiger charge is 2.43. The number of nitrogens with zero attached hydrogens (tertiary/aromatic N) is 1. The lowest BCUT2D eigenvalue weighted by Crippen LogP contribution is -2.60. The van der Waals surface area contributed by atoms with E-state index < -0.39 is 5.54 Å². The Balaban J connectivity index is 1.69. The highest BCUT2D eigenvalue weighted by atomic mass is 16.7. The third-order valence-corrected chi connectivity index (χ3v) is 6.45. The predicted octanol–water partition coefficient (Wildman–Crippen LogP) is 4.68. The quantitative estimate of drug-likeness (QED) is 0.734. The number of fused-ring (bicyclic) bond motifs is 1. The second-order valence-electron chi connectivity index (χ2n) is 8.48. The molecule has 1 atom stereocenters. The molecule has 4 rings (SSSR count). The van der Waals surface area contributed by atoms with Gasteiger partial charge < -0.3 is 14.8 Å². The maximum atomic E-state index is 13.8. The highest BCUT2D eigenvalue weighted by Crippen LogP contribution is 2.35. The van der Waals surface area contributed by atoms with Crippen molar-refractivity contribution in [3.8, 4) is 11.5 Å². The first-order valence-corrected chi connectivity index (χ1v) is 11.1. The maximum absolute atomic E-state index is 13.8. The average molecular weight is 423 g/mol. The second-order valence-corrected chi connectivity index (χ2v) is 8.48. The number of carbonyl (C=O) groups excluding carboxylic acids is 2. The number of ether oxygens (including phenoxy) is 2. The Morgan fingerprint density at radius 1 is 1.03 bits per heavy atom. The van der Waals surface area contributed by atoms with Crippen LogP contribution in [0.4, 0.5) is 5.69 Å². The van der Waals surface area contributed by atoms with Gasteiger partial charge in [-0.3, -0.25) is 14.5 Å². The van der Waals surface area contributed by atoms with Crippen molar-refractivity contribution in [1.29, 1.82) is 0 Å². The third kappa shape index (κ3) is 4.24. The maximum Gasteiger partial charge on any atom is 0.259 e. The predicted molar refractivity (Wildman–Crippen MR) is 120 cm³/mol. The van der Waals surface area contributed by atoms with Crippen LogP contribution in [0.1, 0.15) is 62.7 Å². The molecule has 1 aliphatic heterocycles. The molecular weight excluding hydrogens is 392 g/mol. The van der Waals surface area contributed by atoms with E-state index in [2.05, 4.69) is 5.32 Å². The minimum absolute atomic E-state index is 0.111. The van der Waals surface area contributed by atoms with E-state index in [1.807, 2.05) is 44.2 Å². The number of hydrogen-bond donors (Lipinski definition) is 1. The number of rotatable bonds is 6. The Bertz CT molecular complexity index is 940. The summed E-state index contributed by atoms with van der Waals surface area (Å²) in [6, 6.07) is 14.7. The van der Waals surface area contributed by atoms with Gasteiger partial charge in [0.25, 0.3) is 5.91 Å². The third-order valence-electron chi connectivity index (χ3n) is 6.45. The SMILES string of the molecule is CC[C@](C)(C(=O)NC1CCCCC1)N(C(=O)c1ccc2c(c1)OCO2)c1ccccc1. The number of anilines is 1. The minimum atomic E-state index is -1.04. The van der Waals surface area contributed by atoms with Gasteiger partial charge in [0.1, 0.15) is 5.54 Å². The van der Waals surface area contributed by atoms with Crippen molar-refractivity contribution in [1.82, 2.24) is 5.32 Å². The molecule has 2 aromatic carbocycles. The van der Waals surface area contributed by atoms with Gasteiger partial charge in [-0.25, -0.2) is 0 Å². The van der Waals surface area contributed by atoms with Gasteiger partial charge in [-0.2, -0.15) is 0 Å². The molecular formula is C25H30N2O4. The van der Waals surface area contributed by atoms with Crippen molar-refractivity contribution < 1.29 is 19.1 Å². The first kappa shape index (κ1) is 21.2. The summed E-state index contributed by atoms with van der Waals surface area (Å²) in [5.41, 5.74) is 0.109. The summed E-state index contributed by atoms with van der Waals surface area (Å²) in [5.74, 6) is 0.812. The zero-order valence-corrected chi connectivity index (χ0v) is 18.2. The molecule has 2 aliphatic rings. The minimum Gasteiger partial charge on any atom is -0.454 e. The fourth-order valence-electron chi connectivity index (χ4n) is 4.37. The van der Waals surface area contributed by atoms with Gasteiger partial charge in [-0.05, 0) is 56.5 Å². The molecule has 31 heavy (non-hydrogen) atoms. The molecule has 0 radical (unpaired) electrons. The summed E-state index contributed by atoms with van der Waals surface area (Å²) in [5, 5.41) is 3.23. The molecule has 0 unspecified atom stereocenters. The average Bonchev–Trinajstić information content (AvgIpc) is 3.28. The van der Waals surface area contributed by atoms with Crippen molar-refractivity contribution >= 4 is 17.5 Å². The molecule has 164 valence electrons. The molecule has 0 aromatic heterocycles. The molecule has 1 saturated carbocycles. The summed E-state index contributed by atoms with van der Waals surface area (Å²) in [6.07, 6.45) is 5.95. The van der Waals surface area contributed by atoms with Gasteiger partial charge in [0.2, 0.25) is 12.7 Å². The first-order chi connectivity index (χ1) is 15.0. The van der Waals surface area contributed by atoms with Gasteiger partial charge in [0, 0.05) is 17.3 Å². The zero-order valence-electron chi connectivity index (χ0n) is 18.2. The lowest BCUT2D eigenvalue weighted by molar-refractivity contribution is -0.126. The van der Waals surface area contributed by atoms with Crippen LogP contribution in [0.15, 0.2) is 48.5 Å². The van der Waals surface area contributed by atoms with E-state index in [0.717, 1.165) is 25.7 Å². The van der Waals surface area contributed by atoms with E-state index in [9.17, 15) is 9.59 Å². The van der Waals surface area contributed by atoms with Crippen LogP contribution >= 0.6 is 0 Å². The zero-order chi connectivity index (χ0) is 21.8. The molecule has 6 nitrogen and oxygen atoms in total. The molecule has 1 heterocycles. The number of amides is 2. The van der Waals surface area contributed by atoms with Gasteiger partial charge >= 0.3 is 0 Å². The van der Waals surface area contributed by atoms with Crippen LogP contribution in [0, 0.1) is 0 Å². The topological polar surface area (TPSA) is 67.9 Å². The standard InChI is InChI=1S/C25H30N2O4/c1-3-25(2,24(29)26-19-10-6-4-7-11-19)27(20-12-8-5-9-13-20)23(28)18-14-15-21-22(16-18)31-17-30-21/h5,8-9,12-16,19H,3-4,6-7,10-11,17H2,1-2H3,(H,26,29)/t25-/m1/s1. The van der Waals surface area contributed by atoms with E-state index >= 15 is 0 Å². The van der Waals surface area contributed by atoms with E-state index in [0.29, 0.717) is 29.2 Å². The second kappa shape index (κ2) is 9.00. The smallest absolute Gasteiger partial charge is 0.259 e. The number of para-hydroxylation sites is 1. The largest absolute Gasteiger partial charge is 0.454 e. The van der Waals surface area contributed by atoms with Crippen LogP contribution in [0.25, 0.3) is 0 Å². The van der Waals surface area contributed by atoms with E-state index in [1.165, 1.54) is 6.42 Å². The lowest BCUT2D eigenvalue weighted by atomic mass is 9.90. The van der Waals surface area contributed by atoms with Crippen LogP contribution in [-0.2, 0) is 4.79 Å². The van der Waals surface area contributed by atoms with Crippen LogP contribution in [0.5, 0.6) is 11.5 Å². The Morgan fingerprint density at radius 3 is 2.45 bits per heavy atom. The summed E-state index contributed by atoms with van der Waals surface area (Å²) >= 11 is 0. The van der Waals surface area contributed by atoms with Crippen molar-refractivity contribution in [3.05, 3.63) is 54.1 Å². The monoisotopic (exact) mass is 422 g/mol. The van der Waals surface area contributed by atoms with Crippen LogP contribution in [-0.4, -0.2) is 30.2 Å². The normalized spacial score (nSPS) is 17.6.